The third-order valence-electron chi connectivity index (χ3n) is 3.41. The fraction of sp³-hybridized carbons (Fsp3) is 0.200. The molecule has 0 aliphatic heterocycles. The van der Waals surface area contributed by atoms with E-state index in [1.807, 2.05) is 50.2 Å². The van der Waals surface area contributed by atoms with Crippen molar-refractivity contribution in [2.75, 3.05) is 19.0 Å². The highest BCUT2D eigenvalue weighted by Crippen LogP contribution is 2.26. The number of halogens is 1. The van der Waals surface area contributed by atoms with Crippen LogP contribution in [-0.4, -0.2) is 24.1 Å². The van der Waals surface area contributed by atoms with Gasteiger partial charge in [0, 0.05) is 24.0 Å². The van der Waals surface area contributed by atoms with Gasteiger partial charge in [-0.2, -0.15) is 0 Å². The minimum absolute atomic E-state index is 0.00672. The second kappa shape index (κ2) is 4.59. The zero-order valence-electron chi connectivity index (χ0n) is 11.5. The number of hydrogen-bond acceptors (Lipinski definition) is 3. The van der Waals surface area contributed by atoms with Crippen LogP contribution in [0.5, 0.6) is 0 Å². The van der Waals surface area contributed by atoms with E-state index in [4.69, 9.17) is 0 Å². The summed E-state index contributed by atoms with van der Waals surface area (Å²) in [6.45, 7) is 2.00. The summed E-state index contributed by atoms with van der Waals surface area (Å²) in [5, 5.41) is 1.29. The van der Waals surface area contributed by atoms with E-state index >= 15 is 0 Å². The van der Waals surface area contributed by atoms with E-state index < -0.39 is 0 Å². The van der Waals surface area contributed by atoms with E-state index in [9.17, 15) is 4.79 Å². The molecule has 1 aromatic carbocycles. The van der Waals surface area contributed by atoms with Gasteiger partial charge in [0.2, 0.25) is 0 Å². The quantitative estimate of drug-likeness (QED) is 0.696. The Balaban J connectivity index is 2.48. The SMILES string of the molecule is Cc1ccc2c(=O)c3ccc(N(C)C)nc3[nH]c2c1Br. The molecular formula is C15H14BrN3O. The van der Waals surface area contributed by atoms with Crippen LogP contribution in [0.3, 0.4) is 0 Å². The third-order valence-corrected chi connectivity index (χ3v) is 4.43. The second-order valence-electron chi connectivity index (χ2n) is 5.03. The highest BCUT2D eigenvalue weighted by molar-refractivity contribution is 9.10. The van der Waals surface area contributed by atoms with Gasteiger partial charge < -0.3 is 9.88 Å². The Kier molecular flexibility index (Phi) is 3.01. The van der Waals surface area contributed by atoms with E-state index in [0.717, 1.165) is 21.4 Å². The maximum Gasteiger partial charge on any atom is 0.198 e. The monoisotopic (exact) mass is 331 g/mol. The number of aromatic amines is 1. The van der Waals surface area contributed by atoms with E-state index in [1.165, 1.54) is 0 Å². The van der Waals surface area contributed by atoms with Crippen molar-refractivity contribution in [2.45, 2.75) is 6.92 Å². The van der Waals surface area contributed by atoms with Crippen LogP contribution in [0, 0.1) is 6.92 Å². The molecule has 0 saturated heterocycles. The van der Waals surface area contributed by atoms with Crippen molar-refractivity contribution in [1.29, 1.82) is 0 Å². The molecule has 102 valence electrons. The van der Waals surface area contributed by atoms with Crippen LogP contribution in [0.15, 0.2) is 33.5 Å². The number of hydrogen-bond donors (Lipinski definition) is 1. The van der Waals surface area contributed by atoms with Crippen LogP contribution >= 0.6 is 15.9 Å². The molecule has 0 fully saturated rings. The van der Waals surface area contributed by atoms with E-state index in [1.54, 1.807) is 0 Å². The average molecular weight is 332 g/mol. The fourth-order valence-electron chi connectivity index (χ4n) is 2.23. The summed E-state index contributed by atoms with van der Waals surface area (Å²) in [4.78, 5) is 22.2. The zero-order valence-corrected chi connectivity index (χ0v) is 13.1. The number of aromatic nitrogens is 2. The van der Waals surface area contributed by atoms with Gasteiger partial charge in [0.25, 0.3) is 0 Å². The molecule has 2 aromatic heterocycles. The van der Waals surface area contributed by atoms with Gasteiger partial charge in [-0.25, -0.2) is 4.98 Å². The van der Waals surface area contributed by atoms with E-state index in [0.29, 0.717) is 16.4 Å². The molecular weight excluding hydrogens is 318 g/mol. The smallest absolute Gasteiger partial charge is 0.198 e. The number of pyridine rings is 2. The van der Waals surface area contributed by atoms with Crippen LogP contribution in [0.4, 0.5) is 5.82 Å². The Labute approximate surface area is 124 Å². The van der Waals surface area contributed by atoms with E-state index in [-0.39, 0.29) is 5.43 Å². The first-order chi connectivity index (χ1) is 9.49. The molecule has 2 heterocycles. The summed E-state index contributed by atoms with van der Waals surface area (Å²) in [6, 6.07) is 7.47. The molecule has 0 amide bonds. The molecule has 0 saturated carbocycles. The first-order valence-electron chi connectivity index (χ1n) is 6.28. The van der Waals surface area contributed by atoms with Gasteiger partial charge >= 0.3 is 0 Å². The predicted molar refractivity (Wildman–Crippen MR) is 86.6 cm³/mol. The molecule has 3 aromatic rings. The van der Waals surface area contributed by atoms with Gasteiger partial charge in [-0.15, -0.1) is 0 Å². The molecule has 0 spiro atoms. The molecule has 0 aliphatic carbocycles. The molecule has 20 heavy (non-hydrogen) atoms. The lowest BCUT2D eigenvalue weighted by molar-refractivity contribution is 1.08. The topological polar surface area (TPSA) is 49.0 Å². The fourth-order valence-corrected chi connectivity index (χ4v) is 2.68. The summed E-state index contributed by atoms with van der Waals surface area (Å²) in [5.41, 5.74) is 2.49. The van der Waals surface area contributed by atoms with Crippen LogP contribution in [0.2, 0.25) is 0 Å². The number of anilines is 1. The Morgan fingerprint density at radius 2 is 1.85 bits per heavy atom. The standard InChI is InChI=1S/C15H14BrN3O/c1-8-4-5-9-13(12(8)16)18-15-10(14(9)20)6-7-11(17-15)19(2)3/h4-7H,1-3H3,(H,17,18,20). The summed E-state index contributed by atoms with van der Waals surface area (Å²) in [7, 11) is 3.85. The van der Waals surface area contributed by atoms with Crippen LogP contribution in [0.25, 0.3) is 21.9 Å². The molecule has 0 atom stereocenters. The highest BCUT2D eigenvalue weighted by atomic mass is 79.9. The maximum absolute atomic E-state index is 12.5. The first-order valence-corrected chi connectivity index (χ1v) is 7.07. The number of fused-ring (bicyclic) bond motifs is 2. The predicted octanol–water partition coefficient (Wildman–Crippen LogP) is 3.21. The Morgan fingerprint density at radius 3 is 2.55 bits per heavy atom. The minimum Gasteiger partial charge on any atom is -0.363 e. The molecule has 0 radical (unpaired) electrons. The molecule has 3 rings (SSSR count). The molecule has 0 bridgehead atoms. The zero-order chi connectivity index (χ0) is 14.4. The Hall–Kier alpha value is -1.88. The summed E-state index contributed by atoms with van der Waals surface area (Å²) in [5.74, 6) is 0.816. The number of rotatable bonds is 1. The van der Waals surface area contributed by atoms with Crippen LogP contribution < -0.4 is 10.3 Å². The number of nitrogens with one attached hydrogen (secondary N) is 1. The number of benzene rings is 1. The van der Waals surface area contributed by atoms with Gasteiger partial charge in [0.05, 0.1) is 10.9 Å². The molecule has 0 aliphatic rings. The Morgan fingerprint density at radius 1 is 1.15 bits per heavy atom. The normalized spacial score (nSPS) is 11.2. The average Bonchev–Trinajstić information content (AvgIpc) is 2.43. The number of nitrogens with zero attached hydrogens (tertiary/aromatic N) is 2. The summed E-state index contributed by atoms with van der Waals surface area (Å²) >= 11 is 3.54. The van der Waals surface area contributed by atoms with Crippen molar-refractivity contribution in [3.05, 3.63) is 44.5 Å². The van der Waals surface area contributed by atoms with Crippen LogP contribution in [-0.2, 0) is 0 Å². The summed E-state index contributed by atoms with van der Waals surface area (Å²) in [6.07, 6.45) is 0. The van der Waals surface area contributed by atoms with Crippen molar-refractivity contribution >= 4 is 43.7 Å². The Bertz CT molecular complexity index is 884. The lowest BCUT2D eigenvalue weighted by Crippen LogP contribution is -2.12. The van der Waals surface area contributed by atoms with Crippen molar-refractivity contribution in [3.63, 3.8) is 0 Å². The number of aryl methyl sites for hydroxylation is 1. The van der Waals surface area contributed by atoms with E-state index in [2.05, 4.69) is 25.9 Å². The van der Waals surface area contributed by atoms with Crippen molar-refractivity contribution in [3.8, 4) is 0 Å². The van der Waals surface area contributed by atoms with Gasteiger partial charge in [-0.05, 0) is 46.6 Å². The van der Waals surface area contributed by atoms with Gasteiger partial charge in [0.15, 0.2) is 5.43 Å². The van der Waals surface area contributed by atoms with Crippen molar-refractivity contribution < 1.29 is 0 Å². The van der Waals surface area contributed by atoms with Crippen LogP contribution in [0.1, 0.15) is 5.56 Å². The lowest BCUT2D eigenvalue weighted by atomic mass is 10.1. The molecule has 1 N–H and O–H groups in total. The highest BCUT2D eigenvalue weighted by Gasteiger charge is 2.11. The second-order valence-corrected chi connectivity index (χ2v) is 5.83. The number of H-pyrrole nitrogens is 1. The molecule has 0 unspecified atom stereocenters. The third kappa shape index (κ3) is 1.89. The van der Waals surface area contributed by atoms with Crippen molar-refractivity contribution in [1.82, 2.24) is 9.97 Å². The maximum atomic E-state index is 12.5. The van der Waals surface area contributed by atoms with Crippen molar-refractivity contribution in [2.24, 2.45) is 0 Å². The van der Waals surface area contributed by atoms with Gasteiger partial charge in [-0.1, -0.05) is 6.07 Å². The van der Waals surface area contributed by atoms with Gasteiger partial charge in [-0.3, -0.25) is 4.79 Å². The molecule has 4 nitrogen and oxygen atoms in total. The first kappa shape index (κ1) is 13.1. The minimum atomic E-state index is 0.00672. The lowest BCUT2D eigenvalue weighted by Gasteiger charge is -2.12. The van der Waals surface area contributed by atoms with Gasteiger partial charge in [0.1, 0.15) is 11.5 Å². The summed E-state index contributed by atoms with van der Waals surface area (Å²) < 4.78 is 0.908. The largest absolute Gasteiger partial charge is 0.363 e. The molecule has 5 heteroatoms.